The van der Waals surface area contributed by atoms with Crippen LogP contribution in [0.5, 0.6) is 5.75 Å². The third kappa shape index (κ3) is 4.20. The van der Waals surface area contributed by atoms with Crippen molar-refractivity contribution >= 4 is 21.4 Å². The first-order valence-electron chi connectivity index (χ1n) is 8.95. The highest BCUT2D eigenvalue weighted by Gasteiger charge is 2.25. The Hall–Kier alpha value is -2.25. The number of nitrogens with zero attached hydrogens (tertiary/aromatic N) is 1. The van der Waals surface area contributed by atoms with E-state index in [0.29, 0.717) is 24.7 Å². The van der Waals surface area contributed by atoms with Crippen molar-refractivity contribution in [1.29, 1.82) is 0 Å². The summed E-state index contributed by atoms with van der Waals surface area (Å²) in [5.41, 5.74) is 2.35. The van der Waals surface area contributed by atoms with Crippen molar-refractivity contribution in [3.05, 3.63) is 48.0 Å². The number of anilines is 2. The maximum Gasteiger partial charge on any atom is 0.261 e. The van der Waals surface area contributed by atoms with E-state index in [0.717, 1.165) is 11.3 Å². The first kappa shape index (κ1) is 19.5. The molecule has 3 rings (SSSR count). The minimum Gasteiger partial charge on any atom is -0.496 e. The normalized spacial score (nSPS) is 20.4. The molecule has 2 aromatic carbocycles. The smallest absolute Gasteiger partial charge is 0.261 e. The summed E-state index contributed by atoms with van der Waals surface area (Å²) in [6.07, 6.45) is 0. The maximum atomic E-state index is 12.7. The average molecular weight is 391 g/mol. The summed E-state index contributed by atoms with van der Waals surface area (Å²) >= 11 is 0. The van der Waals surface area contributed by atoms with Gasteiger partial charge in [0.1, 0.15) is 5.75 Å². The van der Waals surface area contributed by atoms with E-state index in [-0.39, 0.29) is 17.0 Å². The lowest BCUT2D eigenvalue weighted by Gasteiger charge is -2.40. The van der Waals surface area contributed by atoms with Gasteiger partial charge in [0.2, 0.25) is 0 Å². The fraction of sp³-hybridized carbons (Fsp3) is 0.400. The standard InChI is InChI=1S/C20H26N2O4S/c1-14-11-19(9-10-20(14)25-4)27(23,24)21-17-5-7-18(8-6-17)22-15(2)12-26-13-16(22)3/h5-11,15-16,21H,12-13H2,1-4H3. The second kappa shape index (κ2) is 7.78. The van der Waals surface area contributed by atoms with Crippen LogP contribution in [0, 0.1) is 6.92 Å². The van der Waals surface area contributed by atoms with Crippen LogP contribution in [0.4, 0.5) is 11.4 Å². The van der Waals surface area contributed by atoms with Crippen LogP contribution >= 0.6 is 0 Å². The number of methoxy groups -OCH3 is 1. The highest BCUT2D eigenvalue weighted by atomic mass is 32.2. The van der Waals surface area contributed by atoms with Gasteiger partial charge in [0.05, 0.1) is 25.2 Å². The van der Waals surface area contributed by atoms with Crippen molar-refractivity contribution in [2.75, 3.05) is 29.9 Å². The molecule has 0 aromatic heterocycles. The van der Waals surface area contributed by atoms with Gasteiger partial charge in [-0.05, 0) is 68.8 Å². The zero-order valence-electron chi connectivity index (χ0n) is 16.1. The van der Waals surface area contributed by atoms with Gasteiger partial charge >= 0.3 is 0 Å². The molecular weight excluding hydrogens is 364 g/mol. The van der Waals surface area contributed by atoms with Crippen molar-refractivity contribution in [2.45, 2.75) is 37.8 Å². The monoisotopic (exact) mass is 390 g/mol. The lowest BCUT2D eigenvalue weighted by molar-refractivity contribution is 0.0757. The number of aryl methyl sites for hydroxylation is 1. The summed E-state index contributed by atoms with van der Waals surface area (Å²) in [6.45, 7) is 7.44. The molecule has 1 heterocycles. The highest BCUT2D eigenvalue weighted by Crippen LogP contribution is 2.27. The Morgan fingerprint density at radius 1 is 1.07 bits per heavy atom. The SMILES string of the molecule is COc1ccc(S(=O)(=O)Nc2ccc(N3C(C)COCC3C)cc2)cc1C. The van der Waals surface area contributed by atoms with Gasteiger partial charge in [-0.1, -0.05) is 0 Å². The van der Waals surface area contributed by atoms with Crippen LogP contribution in [0.25, 0.3) is 0 Å². The summed E-state index contributed by atoms with van der Waals surface area (Å²) in [7, 11) is -2.10. The topological polar surface area (TPSA) is 67.9 Å². The molecular formula is C20H26N2O4S. The van der Waals surface area contributed by atoms with Crippen LogP contribution < -0.4 is 14.4 Å². The van der Waals surface area contributed by atoms with E-state index in [4.69, 9.17) is 9.47 Å². The van der Waals surface area contributed by atoms with Gasteiger partial charge in [-0.25, -0.2) is 8.42 Å². The number of nitrogens with one attached hydrogen (secondary N) is 1. The molecule has 146 valence electrons. The second-order valence-electron chi connectivity index (χ2n) is 6.93. The minimum absolute atomic E-state index is 0.209. The predicted octanol–water partition coefficient (Wildman–Crippen LogP) is 3.42. The third-order valence-electron chi connectivity index (χ3n) is 4.76. The van der Waals surface area contributed by atoms with Gasteiger partial charge in [-0.15, -0.1) is 0 Å². The fourth-order valence-corrected chi connectivity index (χ4v) is 4.59. The first-order chi connectivity index (χ1) is 12.8. The molecule has 0 amide bonds. The van der Waals surface area contributed by atoms with Gasteiger partial charge in [0.25, 0.3) is 10.0 Å². The van der Waals surface area contributed by atoms with Crippen molar-refractivity contribution < 1.29 is 17.9 Å². The molecule has 0 aliphatic carbocycles. The minimum atomic E-state index is -3.66. The van der Waals surface area contributed by atoms with Crippen molar-refractivity contribution in [3.63, 3.8) is 0 Å². The molecule has 2 unspecified atom stereocenters. The Balaban J connectivity index is 1.78. The molecule has 1 N–H and O–H groups in total. The molecule has 1 aliphatic heterocycles. The van der Waals surface area contributed by atoms with Gasteiger partial charge in [0.15, 0.2) is 0 Å². The average Bonchev–Trinajstić information content (AvgIpc) is 2.62. The van der Waals surface area contributed by atoms with Crippen LogP contribution in [0.15, 0.2) is 47.4 Å². The number of sulfonamides is 1. The molecule has 0 bridgehead atoms. The van der Waals surface area contributed by atoms with E-state index in [1.165, 1.54) is 0 Å². The van der Waals surface area contributed by atoms with Crippen LogP contribution in [-0.2, 0) is 14.8 Å². The van der Waals surface area contributed by atoms with Crippen molar-refractivity contribution in [1.82, 2.24) is 0 Å². The molecule has 1 aliphatic rings. The summed E-state index contributed by atoms with van der Waals surface area (Å²) in [4.78, 5) is 2.51. The van der Waals surface area contributed by atoms with E-state index < -0.39 is 10.0 Å². The Morgan fingerprint density at radius 3 is 2.26 bits per heavy atom. The molecule has 7 heteroatoms. The van der Waals surface area contributed by atoms with Gasteiger partial charge in [0, 0.05) is 23.5 Å². The maximum absolute atomic E-state index is 12.7. The van der Waals surface area contributed by atoms with E-state index in [1.807, 2.05) is 19.1 Å². The van der Waals surface area contributed by atoms with Gasteiger partial charge < -0.3 is 14.4 Å². The molecule has 2 aromatic rings. The Morgan fingerprint density at radius 2 is 1.70 bits per heavy atom. The molecule has 0 saturated carbocycles. The molecule has 2 atom stereocenters. The van der Waals surface area contributed by atoms with Crippen LogP contribution in [0.3, 0.4) is 0 Å². The van der Waals surface area contributed by atoms with Crippen LogP contribution in [0.2, 0.25) is 0 Å². The Bertz CT molecular complexity index is 887. The molecule has 1 saturated heterocycles. The molecule has 1 fully saturated rings. The largest absolute Gasteiger partial charge is 0.496 e. The summed E-state index contributed by atoms with van der Waals surface area (Å²) < 4.78 is 38.7. The van der Waals surface area contributed by atoms with E-state index >= 15 is 0 Å². The van der Waals surface area contributed by atoms with Crippen LogP contribution in [0.1, 0.15) is 19.4 Å². The number of benzene rings is 2. The second-order valence-corrected chi connectivity index (χ2v) is 8.61. The lowest BCUT2D eigenvalue weighted by Crippen LogP contribution is -2.49. The van der Waals surface area contributed by atoms with Crippen LogP contribution in [-0.4, -0.2) is 40.8 Å². The summed E-state index contributed by atoms with van der Waals surface area (Å²) in [5, 5.41) is 0. The molecule has 27 heavy (non-hydrogen) atoms. The fourth-order valence-electron chi connectivity index (χ4n) is 3.45. The van der Waals surface area contributed by atoms with E-state index in [2.05, 4.69) is 23.5 Å². The number of morpholine rings is 1. The molecule has 6 nitrogen and oxygen atoms in total. The predicted molar refractivity (Wildman–Crippen MR) is 107 cm³/mol. The molecule has 0 spiro atoms. The van der Waals surface area contributed by atoms with Crippen molar-refractivity contribution in [2.24, 2.45) is 0 Å². The highest BCUT2D eigenvalue weighted by molar-refractivity contribution is 7.92. The van der Waals surface area contributed by atoms with E-state index in [9.17, 15) is 8.42 Å². The Labute approximate surface area is 161 Å². The van der Waals surface area contributed by atoms with Crippen molar-refractivity contribution in [3.8, 4) is 5.75 Å². The first-order valence-corrected chi connectivity index (χ1v) is 10.4. The quantitative estimate of drug-likeness (QED) is 0.847. The number of hydrogen-bond acceptors (Lipinski definition) is 5. The lowest BCUT2D eigenvalue weighted by atomic mass is 10.1. The van der Waals surface area contributed by atoms with Gasteiger partial charge in [-0.2, -0.15) is 0 Å². The number of rotatable bonds is 5. The van der Waals surface area contributed by atoms with E-state index in [1.54, 1.807) is 37.4 Å². The summed E-state index contributed by atoms with van der Waals surface area (Å²) in [6, 6.07) is 12.8. The zero-order valence-corrected chi connectivity index (χ0v) is 16.9. The third-order valence-corrected chi connectivity index (χ3v) is 6.14. The van der Waals surface area contributed by atoms with Gasteiger partial charge in [-0.3, -0.25) is 4.72 Å². The number of hydrogen-bond donors (Lipinski definition) is 1. The summed E-state index contributed by atoms with van der Waals surface area (Å²) in [5.74, 6) is 0.659. The zero-order chi connectivity index (χ0) is 19.6. The molecule has 0 radical (unpaired) electrons. The number of ether oxygens (including phenoxy) is 2. The Kier molecular flexibility index (Phi) is 5.62.